The van der Waals surface area contributed by atoms with E-state index in [9.17, 15) is 4.79 Å². The van der Waals surface area contributed by atoms with Gasteiger partial charge in [0.05, 0.1) is 0 Å². The Balaban J connectivity index is 2.26. The molecule has 0 aliphatic rings. The van der Waals surface area contributed by atoms with Gasteiger partial charge in [0.2, 0.25) is 0 Å². The van der Waals surface area contributed by atoms with Crippen molar-refractivity contribution in [1.82, 2.24) is 4.98 Å². The van der Waals surface area contributed by atoms with Crippen LogP contribution in [0.15, 0.2) is 18.2 Å². The van der Waals surface area contributed by atoms with Crippen LogP contribution >= 0.6 is 34.5 Å². The number of aryl methyl sites for hydroxylation is 1. The van der Waals surface area contributed by atoms with Crippen LogP contribution in [0.25, 0.3) is 0 Å². The molecule has 0 amide bonds. The predicted octanol–water partition coefficient (Wildman–Crippen LogP) is 4.25. The van der Waals surface area contributed by atoms with E-state index in [1.807, 2.05) is 6.92 Å². The molecule has 0 atom stereocenters. The van der Waals surface area contributed by atoms with Gasteiger partial charge in [-0.3, -0.25) is 0 Å². The Morgan fingerprint density at radius 3 is 2.72 bits per heavy atom. The van der Waals surface area contributed by atoms with E-state index in [1.165, 1.54) is 0 Å². The fourth-order valence-corrected chi connectivity index (χ4v) is 2.35. The normalized spacial score (nSPS) is 10.4. The standard InChI is InChI=1S/C11H7Cl2NO3S/c1-5-4-6(2-3-7(5)12)17-11-14-9(13)8(18-11)10(15)16/h2-4H,1H3,(H,15,16). The number of thiazole rings is 1. The Hall–Kier alpha value is -1.30. The molecule has 0 saturated heterocycles. The first-order valence-electron chi connectivity index (χ1n) is 4.81. The second-order valence-corrected chi connectivity index (χ2v) is 5.14. The molecule has 4 nitrogen and oxygen atoms in total. The van der Waals surface area contributed by atoms with Gasteiger partial charge in [-0.25, -0.2) is 4.79 Å². The van der Waals surface area contributed by atoms with Crippen molar-refractivity contribution in [3.05, 3.63) is 38.8 Å². The van der Waals surface area contributed by atoms with Crippen molar-refractivity contribution >= 4 is 40.5 Å². The average Bonchev–Trinajstić information content (AvgIpc) is 2.65. The summed E-state index contributed by atoms with van der Waals surface area (Å²) in [7, 11) is 0. The van der Waals surface area contributed by atoms with Crippen LogP contribution < -0.4 is 4.74 Å². The highest BCUT2D eigenvalue weighted by Gasteiger charge is 2.17. The van der Waals surface area contributed by atoms with Gasteiger partial charge < -0.3 is 9.84 Å². The highest BCUT2D eigenvalue weighted by molar-refractivity contribution is 7.15. The quantitative estimate of drug-likeness (QED) is 0.921. The zero-order chi connectivity index (χ0) is 13.3. The van der Waals surface area contributed by atoms with Crippen LogP contribution in [0.1, 0.15) is 15.2 Å². The van der Waals surface area contributed by atoms with E-state index >= 15 is 0 Å². The first-order valence-corrected chi connectivity index (χ1v) is 6.38. The number of ether oxygens (including phenoxy) is 1. The van der Waals surface area contributed by atoms with E-state index in [1.54, 1.807) is 18.2 Å². The van der Waals surface area contributed by atoms with Gasteiger partial charge in [-0.05, 0) is 30.7 Å². The summed E-state index contributed by atoms with van der Waals surface area (Å²) in [6, 6.07) is 5.10. The number of hydrogen-bond acceptors (Lipinski definition) is 4. The summed E-state index contributed by atoms with van der Waals surface area (Å²) in [6.07, 6.45) is 0. The van der Waals surface area contributed by atoms with Gasteiger partial charge >= 0.3 is 5.97 Å². The first-order chi connectivity index (χ1) is 8.47. The van der Waals surface area contributed by atoms with Crippen molar-refractivity contribution in [2.75, 3.05) is 0 Å². The van der Waals surface area contributed by atoms with Crippen molar-refractivity contribution < 1.29 is 14.6 Å². The van der Waals surface area contributed by atoms with Crippen LogP contribution in [0.5, 0.6) is 10.9 Å². The number of rotatable bonds is 3. The molecule has 0 aliphatic heterocycles. The van der Waals surface area contributed by atoms with Gasteiger partial charge in [-0.2, -0.15) is 4.98 Å². The average molecular weight is 304 g/mol. The Labute approximate surface area is 117 Å². The van der Waals surface area contributed by atoms with E-state index in [4.69, 9.17) is 33.0 Å². The van der Waals surface area contributed by atoms with Crippen LogP contribution in [0.2, 0.25) is 10.2 Å². The second-order valence-electron chi connectivity index (χ2n) is 3.42. The Bertz CT molecular complexity index is 612. The summed E-state index contributed by atoms with van der Waals surface area (Å²) in [5, 5.41) is 9.57. The maximum absolute atomic E-state index is 10.8. The molecule has 0 radical (unpaired) electrons. The smallest absolute Gasteiger partial charge is 0.349 e. The number of hydrogen-bond donors (Lipinski definition) is 1. The molecule has 0 aliphatic carbocycles. The molecule has 0 bridgehead atoms. The monoisotopic (exact) mass is 303 g/mol. The minimum atomic E-state index is -1.13. The van der Waals surface area contributed by atoms with Crippen LogP contribution in [0.4, 0.5) is 0 Å². The molecule has 1 aromatic heterocycles. The predicted molar refractivity (Wildman–Crippen MR) is 70.3 cm³/mol. The molecule has 0 saturated carbocycles. The minimum Gasteiger partial charge on any atom is -0.477 e. The molecule has 0 spiro atoms. The third kappa shape index (κ3) is 2.75. The number of carbonyl (C=O) groups is 1. The molecule has 7 heteroatoms. The third-order valence-electron chi connectivity index (χ3n) is 2.09. The molecular weight excluding hydrogens is 297 g/mol. The highest BCUT2D eigenvalue weighted by Crippen LogP contribution is 2.33. The zero-order valence-electron chi connectivity index (χ0n) is 9.11. The van der Waals surface area contributed by atoms with Crippen LogP contribution in [-0.2, 0) is 0 Å². The number of nitrogens with zero attached hydrogens (tertiary/aromatic N) is 1. The molecule has 0 fully saturated rings. The van der Waals surface area contributed by atoms with Crippen LogP contribution in [0, 0.1) is 6.92 Å². The molecule has 94 valence electrons. The van der Waals surface area contributed by atoms with Crippen LogP contribution in [0.3, 0.4) is 0 Å². The highest BCUT2D eigenvalue weighted by atomic mass is 35.5. The number of aromatic carboxylic acids is 1. The fourth-order valence-electron chi connectivity index (χ4n) is 1.24. The maximum Gasteiger partial charge on any atom is 0.349 e. The summed E-state index contributed by atoms with van der Waals surface area (Å²) < 4.78 is 5.43. The first kappa shape index (κ1) is 13.1. The van der Waals surface area contributed by atoms with E-state index < -0.39 is 5.97 Å². The second kappa shape index (κ2) is 5.14. The number of carboxylic acids is 1. The van der Waals surface area contributed by atoms with Crippen molar-refractivity contribution in [2.45, 2.75) is 6.92 Å². The van der Waals surface area contributed by atoms with E-state index in [-0.39, 0.29) is 15.2 Å². The van der Waals surface area contributed by atoms with E-state index in [2.05, 4.69) is 4.98 Å². The lowest BCUT2D eigenvalue weighted by Gasteiger charge is -2.03. The van der Waals surface area contributed by atoms with Gasteiger partial charge in [0.1, 0.15) is 5.75 Å². The minimum absolute atomic E-state index is 0.0441. The Morgan fingerprint density at radius 1 is 1.44 bits per heavy atom. The summed E-state index contributed by atoms with van der Waals surface area (Å²) in [5.74, 6) is -0.598. The van der Waals surface area contributed by atoms with E-state index in [0.29, 0.717) is 10.8 Å². The molecule has 18 heavy (non-hydrogen) atoms. The van der Waals surface area contributed by atoms with Gasteiger partial charge in [0.15, 0.2) is 10.0 Å². The lowest BCUT2D eigenvalue weighted by atomic mass is 10.2. The molecule has 1 aromatic carbocycles. The van der Waals surface area contributed by atoms with Crippen molar-refractivity contribution in [1.29, 1.82) is 0 Å². The Kier molecular flexibility index (Phi) is 3.75. The SMILES string of the molecule is Cc1cc(Oc2nc(Cl)c(C(=O)O)s2)ccc1Cl. The van der Waals surface area contributed by atoms with Crippen molar-refractivity contribution in [2.24, 2.45) is 0 Å². The number of aromatic nitrogens is 1. The van der Waals surface area contributed by atoms with Gasteiger partial charge in [0, 0.05) is 5.02 Å². The number of benzene rings is 1. The zero-order valence-corrected chi connectivity index (χ0v) is 11.4. The van der Waals surface area contributed by atoms with Gasteiger partial charge in [-0.1, -0.05) is 34.5 Å². The lowest BCUT2D eigenvalue weighted by molar-refractivity contribution is 0.0702. The summed E-state index contributed by atoms with van der Waals surface area (Å²) in [6.45, 7) is 1.84. The molecule has 1 N–H and O–H groups in total. The molecule has 0 unspecified atom stereocenters. The van der Waals surface area contributed by atoms with E-state index in [0.717, 1.165) is 16.9 Å². The molecule has 2 aromatic rings. The molecular formula is C11H7Cl2NO3S. The van der Waals surface area contributed by atoms with Gasteiger partial charge in [0.25, 0.3) is 5.19 Å². The number of halogens is 2. The number of carboxylic acid groups (broad SMARTS) is 1. The Morgan fingerprint density at radius 2 is 2.17 bits per heavy atom. The largest absolute Gasteiger partial charge is 0.477 e. The topological polar surface area (TPSA) is 59.4 Å². The maximum atomic E-state index is 10.8. The lowest BCUT2D eigenvalue weighted by Crippen LogP contribution is -1.91. The molecule has 2 rings (SSSR count). The summed E-state index contributed by atoms with van der Waals surface area (Å²) in [4.78, 5) is 14.6. The summed E-state index contributed by atoms with van der Waals surface area (Å²) in [5.41, 5.74) is 0.857. The summed E-state index contributed by atoms with van der Waals surface area (Å²) >= 11 is 12.4. The molecule has 1 heterocycles. The van der Waals surface area contributed by atoms with Crippen molar-refractivity contribution in [3.63, 3.8) is 0 Å². The third-order valence-corrected chi connectivity index (χ3v) is 3.83. The van der Waals surface area contributed by atoms with Crippen molar-refractivity contribution in [3.8, 4) is 10.9 Å². The van der Waals surface area contributed by atoms with Gasteiger partial charge in [-0.15, -0.1) is 0 Å². The van der Waals surface area contributed by atoms with Crippen LogP contribution in [-0.4, -0.2) is 16.1 Å². The fraction of sp³-hybridized carbons (Fsp3) is 0.0909.